The molecule has 0 amide bonds. The van der Waals surface area contributed by atoms with E-state index in [-0.39, 0.29) is 40.4 Å². The van der Waals surface area contributed by atoms with Crippen LogP contribution in [0.5, 0.6) is 23.1 Å². The van der Waals surface area contributed by atoms with Gasteiger partial charge in [0.2, 0.25) is 11.6 Å². The molecule has 39 heavy (non-hydrogen) atoms. The summed E-state index contributed by atoms with van der Waals surface area (Å²) in [5.41, 5.74) is -0.639. The number of hydrogen-bond acceptors (Lipinski definition) is 9. The fourth-order valence-electron chi connectivity index (χ4n) is 3.18. The number of anilines is 1. The van der Waals surface area contributed by atoms with Crippen LogP contribution in [0.1, 0.15) is 11.1 Å². The van der Waals surface area contributed by atoms with Crippen molar-refractivity contribution in [2.24, 2.45) is 0 Å². The minimum absolute atomic E-state index is 0.0655. The molecule has 0 aliphatic carbocycles. The number of alkyl halides is 3. The van der Waals surface area contributed by atoms with Crippen molar-refractivity contribution in [1.29, 1.82) is 0 Å². The molecule has 0 atom stereocenters. The number of methoxy groups -OCH3 is 2. The van der Waals surface area contributed by atoms with Gasteiger partial charge in [-0.3, -0.25) is 4.72 Å². The molecule has 0 unspecified atom stereocenters. The van der Waals surface area contributed by atoms with E-state index in [4.69, 9.17) is 14.2 Å². The molecule has 0 saturated heterocycles. The summed E-state index contributed by atoms with van der Waals surface area (Å²) < 4.78 is 83.3. The lowest BCUT2D eigenvalue weighted by atomic mass is 10.1. The normalized spacial score (nSPS) is 11.8. The van der Waals surface area contributed by atoms with E-state index in [2.05, 4.69) is 24.7 Å². The molecule has 4 rings (SSSR count). The molecule has 10 nitrogen and oxygen atoms in total. The van der Waals surface area contributed by atoms with Gasteiger partial charge in [0.1, 0.15) is 0 Å². The quantitative estimate of drug-likeness (QED) is 0.295. The Balaban J connectivity index is 1.73. The SMILES string of the molecule is COc1ccccc1Oc1c(NS(=O)(=O)/C=C/c2ccc(C(F)(F)F)cc2)nc(-c2ncccn2)nc1OC. The molecule has 0 radical (unpaired) electrons. The smallest absolute Gasteiger partial charge is 0.416 e. The maximum absolute atomic E-state index is 13.0. The molecule has 0 spiro atoms. The number of aromatic nitrogens is 4. The summed E-state index contributed by atoms with van der Waals surface area (Å²) in [6.45, 7) is 0. The molecule has 1 N–H and O–H groups in total. The average Bonchev–Trinajstić information content (AvgIpc) is 2.93. The maximum Gasteiger partial charge on any atom is 0.416 e. The van der Waals surface area contributed by atoms with Gasteiger partial charge in [-0.2, -0.15) is 18.2 Å². The topological polar surface area (TPSA) is 125 Å². The second kappa shape index (κ2) is 11.3. The summed E-state index contributed by atoms with van der Waals surface area (Å²) in [6, 6.07) is 12.2. The standard InChI is InChI=1S/C25H20F3N5O5S/c1-36-18-6-3-4-7-19(18)38-20-21(31-23(32-24(20)37-2)22-29-13-5-14-30-22)33-39(34,35)15-12-16-8-10-17(11-9-16)25(26,27)28/h3-15H,1-2H3,(H,31,32,33)/b15-12+. The zero-order valence-electron chi connectivity index (χ0n) is 20.4. The first-order valence-electron chi connectivity index (χ1n) is 11.0. The van der Waals surface area contributed by atoms with Crippen LogP contribution in [0.3, 0.4) is 0 Å². The third kappa shape index (κ3) is 6.78. The van der Waals surface area contributed by atoms with Crippen LogP contribution in [0.2, 0.25) is 0 Å². The Labute approximate surface area is 221 Å². The van der Waals surface area contributed by atoms with E-state index in [0.29, 0.717) is 5.75 Å². The van der Waals surface area contributed by atoms with Gasteiger partial charge < -0.3 is 14.2 Å². The fourth-order valence-corrected chi connectivity index (χ4v) is 3.99. The van der Waals surface area contributed by atoms with E-state index in [1.807, 2.05) is 0 Å². The lowest BCUT2D eigenvalue weighted by Gasteiger charge is -2.16. The van der Waals surface area contributed by atoms with E-state index < -0.39 is 21.8 Å². The Morgan fingerprint density at radius 1 is 0.846 bits per heavy atom. The van der Waals surface area contributed by atoms with Crippen LogP contribution < -0.4 is 18.9 Å². The van der Waals surface area contributed by atoms with Crippen molar-refractivity contribution in [3.8, 4) is 34.8 Å². The van der Waals surface area contributed by atoms with Crippen LogP contribution in [-0.4, -0.2) is 42.6 Å². The van der Waals surface area contributed by atoms with Gasteiger partial charge in [-0.15, -0.1) is 0 Å². The van der Waals surface area contributed by atoms with Gasteiger partial charge in [0, 0.05) is 12.4 Å². The fraction of sp³-hybridized carbons (Fsp3) is 0.120. The first-order valence-corrected chi connectivity index (χ1v) is 12.6. The largest absolute Gasteiger partial charge is 0.493 e. The second-order valence-corrected chi connectivity index (χ2v) is 9.20. The van der Waals surface area contributed by atoms with Gasteiger partial charge in [0.05, 0.1) is 25.2 Å². The van der Waals surface area contributed by atoms with Crippen molar-refractivity contribution >= 4 is 21.9 Å². The lowest BCUT2D eigenvalue weighted by molar-refractivity contribution is -0.137. The van der Waals surface area contributed by atoms with E-state index in [0.717, 1.165) is 35.7 Å². The number of benzene rings is 2. The van der Waals surface area contributed by atoms with Gasteiger partial charge in [-0.05, 0) is 42.0 Å². The van der Waals surface area contributed by atoms with Crippen molar-refractivity contribution < 1.29 is 35.8 Å². The Bertz CT molecular complexity index is 1580. The van der Waals surface area contributed by atoms with Gasteiger partial charge in [-0.25, -0.2) is 23.4 Å². The van der Waals surface area contributed by atoms with Crippen LogP contribution >= 0.6 is 0 Å². The molecular formula is C25H20F3N5O5S. The number of hydrogen-bond donors (Lipinski definition) is 1. The Morgan fingerprint density at radius 2 is 1.51 bits per heavy atom. The summed E-state index contributed by atoms with van der Waals surface area (Å²) >= 11 is 0. The highest BCUT2D eigenvalue weighted by Crippen LogP contribution is 2.41. The van der Waals surface area contributed by atoms with Crippen molar-refractivity contribution in [1.82, 2.24) is 19.9 Å². The van der Waals surface area contributed by atoms with Crippen LogP contribution in [0.25, 0.3) is 17.7 Å². The number of sulfonamides is 1. The van der Waals surface area contributed by atoms with Crippen LogP contribution in [0.15, 0.2) is 72.4 Å². The third-order valence-electron chi connectivity index (χ3n) is 4.99. The molecule has 2 aromatic heterocycles. The Kier molecular flexibility index (Phi) is 7.95. The van der Waals surface area contributed by atoms with E-state index in [1.54, 1.807) is 30.3 Å². The molecular weight excluding hydrogens is 539 g/mol. The van der Waals surface area contributed by atoms with Crippen molar-refractivity contribution in [2.75, 3.05) is 18.9 Å². The predicted octanol–water partition coefficient (Wildman–Crippen LogP) is 5.17. The molecule has 0 aliphatic heterocycles. The highest BCUT2D eigenvalue weighted by Gasteiger charge is 2.30. The first-order chi connectivity index (χ1) is 18.6. The number of rotatable bonds is 9. The summed E-state index contributed by atoms with van der Waals surface area (Å²) in [7, 11) is -1.54. The summed E-state index contributed by atoms with van der Waals surface area (Å²) in [6.07, 6.45) is -0.481. The number of nitrogens with zero attached hydrogens (tertiary/aromatic N) is 4. The molecule has 0 aliphatic rings. The van der Waals surface area contributed by atoms with E-state index in [1.165, 1.54) is 26.6 Å². The Morgan fingerprint density at radius 3 is 2.13 bits per heavy atom. The highest BCUT2D eigenvalue weighted by molar-refractivity contribution is 7.95. The van der Waals surface area contributed by atoms with Crippen molar-refractivity contribution in [2.45, 2.75) is 6.18 Å². The van der Waals surface area contributed by atoms with Gasteiger partial charge in [0.25, 0.3) is 15.9 Å². The first kappa shape index (κ1) is 27.3. The molecule has 2 heterocycles. The minimum atomic E-state index is -4.51. The van der Waals surface area contributed by atoms with Crippen LogP contribution in [0, 0.1) is 0 Å². The van der Waals surface area contributed by atoms with Gasteiger partial charge >= 0.3 is 6.18 Å². The maximum atomic E-state index is 13.0. The summed E-state index contributed by atoms with van der Waals surface area (Å²) in [4.78, 5) is 16.7. The zero-order chi connectivity index (χ0) is 28.0. The molecule has 0 bridgehead atoms. The lowest BCUT2D eigenvalue weighted by Crippen LogP contribution is -2.13. The number of nitrogens with one attached hydrogen (secondary N) is 1. The van der Waals surface area contributed by atoms with Crippen LogP contribution in [-0.2, 0) is 16.2 Å². The number of ether oxygens (including phenoxy) is 3. The van der Waals surface area contributed by atoms with Crippen LogP contribution in [0.4, 0.5) is 19.0 Å². The van der Waals surface area contributed by atoms with E-state index >= 15 is 0 Å². The molecule has 2 aromatic carbocycles. The zero-order valence-corrected chi connectivity index (χ0v) is 21.2. The molecule has 14 heteroatoms. The Hall–Kier alpha value is -4.72. The number of para-hydroxylation sites is 2. The molecule has 4 aromatic rings. The minimum Gasteiger partial charge on any atom is -0.493 e. The molecule has 0 saturated carbocycles. The van der Waals surface area contributed by atoms with Crippen molar-refractivity contribution in [3.05, 3.63) is 83.5 Å². The number of halogens is 3. The van der Waals surface area contributed by atoms with E-state index in [9.17, 15) is 21.6 Å². The second-order valence-electron chi connectivity index (χ2n) is 7.63. The van der Waals surface area contributed by atoms with Gasteiger partial charge in [0.15, 0.2) is 23.1 Å². The summed E-state index contributed by atoms with van der Waals surface area (Å²) in [5.74, 6) is -0.0646. The third-order valence-corrected chi connectivity index (χ3v) is 5.96. The monoisotopic (exact) mass is 559 g/mol. The molecule has 0 fully saturated rings. The van der Waals surface area contributed by atoms with Crippen molar-refractivity contribution in [3.63, 3.8) is 0 Å². The summed E-state index contributed by atoms with van der Waals surface area (Å²) in [5, 5.41) is 0.774. The van der Waals surface area contributed by atoms with Gasteiger partial charge in [-0.1, -0.05) is 24.3 Å². The molecule has 202 valence electrons. The highest BCUT2D eigenvalue weighted by atomic mass is 32.2. The average molecular weight is 560 g/mol. The predicted molar refractivity (Wildman–Crippen MR) is 136 cm³/mol.